The largest absolute Gasteiger partial charge is 0.257 e. The highest BCUT2D eigenvalue weighted by Gasteiger charge is 2.21. The van der Waals surface area contributed by atoms with Crippen molar-refractivity contribution < 1.29 is 0 Å². The number of nitrogens with zero attached hydrogens (tertiary/aromatic N) is 1. The lowest BCUT2D eigenvalue weighted by Crippen LogP contribution is -2.20. The van der Waals surface area contributed by atoms with Gasteiger partial charge in [0.05, 0.1) is 0 Å². The quantitative estimate of drug-likeness (QED) is 0.682. The van der Waals surface area contributed by atoms with E-state index in [0.29, 0.717) is 0 Å². The molecule has 0 atom stereocenters. The Morgan fingerprint density at radius 1 is 0.938 bits per heavy atom. The van der Waals surface area contributed by atoms with Gasteiger partial charge < -0.3 is 0 Å². The van der Waals surface area contributed by atoms with Crippen molar-refractivity contribution in [3.8, 4) is 0 Å². The van der Waals surface area contributed by atoms with Gasteiger partial charge in [0.2, 0.25) is 0 Å². The minimum absolute atomic E-state index is 0.0824. The third kappa shape index (κ3) is 2.94. The van der Waals surface area contributed by atoms with Crippen LogP contribution in [0.25, 0.3) is 6.08 Å². The third-order valence-corrected chi connectivity index (χ3v) is 2.62. The molecule has 0 radical (unpaired) electrons. The van der Waals surface area contributed by atoms with E-state index in [1.54, 1.807) is 0 Å². The summed E-state index contributed by atoms with van der Waals surface area (Å²) in [5.41, 5.74) is 3.59. The van der Waals surface area contributed by atoms with Crippen LogP contribution in [0.3, 0.4) is 0 Å². The molecule has 0 spiro atoms. The van der Waals surface area contributed by atoms with Crippen molar-refractivity contribution >= 4 is 6.08 Å². The van der Waals surface area contributed by atoms with Crippen molar-refractivity contribution in [3.05, 3.63) is 35.7 Å². The molecule has 1 aromatic heterocycles. The van der Waals surface area contributed by atoms with Crippen LogP contribution in [0.1, 0.15) is 58.5 Å². The molecule has 0 fully saturated rings. The summed E-state index contributed by atoms with van der Waals surface area (Å²) >= 11 is 0. The Balaban J connectivity index is 3.39. The smallest absolute Gasteiger partial charge is 0.0466 e. The average molecular weight is 217 g/mol. The van der Waals surface area contributed by atoms with Gasteiger partial charge >= 0.3 is 0 Å². The Morgan fingerprint density at radius 3 is 1.56 bits per heavy atom. The standard InChI is InChI=1S/C15H23N/c1-8-11-9-12(14(2,3)4)16-13(10-11)15(5,6)7/h8-10H,1H2,2-7H3. The maximum Gasteiger partial charge on any atom is 0.0466 e. The average Bonchev–Trinajstić information content (AvgIpc) is 2.14. The van der Waals surface area contributed by atoms with E-state index in [-0.39, 0.29) is 10.8 Å². The first-order valence-corrected chi connectivity index (χ1v) is 5.80. The summed E-state index contributed by atoms with van der Waals surface area (Å²) in [6, 6.07) is 4.25. The zero-order valence-corrected chi connectivity index (χ0v) is 11.4. The monoisotopic (exact) mass is 217 g/mol. The molecule has 0 saturated carbocycles. The van der Waals surface area contributed by atoms with Gasteiger partial charge in [0, 0.05) is 22.2 Å². The van der Waals surface area contributed by atoms with Gasteiger partial charge in [0.25, 0.3) is 0 Å². The number of rotatable bonds is 1. The molecule has 1 aromatic rings. The highest BCUT2D eigenvalue weighted by molar-refractivity contribution is 5.49. The van der Waals surface area contributed by atoms with Gasteiger partial charge in [-0.2, -0.15) is 0 Å². The molecule has 16 heavy (non-hydrogen) atoms. The maximum atomic E-state index is 4.78. The Hall–Kier alpha value is -1.11. The van der Waals surface area contributed by atoms with Gasteiger partial charge in [0.15, 0.2) is 0 Å². The topological polar surface area (TPSA) is 12.9 Å². The Morgan fingerprint density at radius 2 is 1.31 bits per heavy atom. The van der Waals surface area contributed by atoms with Crippen molar-refractivity contribution in [2.24, 2.45) is 0 Å². The molecular formula is C15H23N. The first-order chi connectivity index (χ1) is 7.14. The van der Waals surface area contributed by atoms with E-state index in [1.165, 1.54) is 0 Å². The lowest BCUT2D eigenvalue weighted by atomic mass is 9.86. The van der Waals surface area contributed by atoms with Crippen molar-refractivity contribution in [1.82, 2.24) is 4.98 Å². The zero-order chi connectivity index (χ0) is 12.6. The molecule has 1 heterocycles. The Kier molecular flexibility index (Phi) is 3.27. The van der Waals surface area contributed by atoms with Gasteiger partial charge in [-0.3, -0.25) is 4.98 Å². The van der Waals surface area contributed by atoms with E-state index in [4.69, 9.17) is 4.98 Å². The predicted molar refractivity (Wildman–Crippen MR) is 71.7 cm³/mol. The summed E-state index contributed by atoms with van der Waals surface area (Å²) in [5, 5.41) is 0. The highest BCUT2D eigenvalue weighted by atomic mass is 14.7. The molecule has 0 saturated heterocycles. The van der Waals surface area contributed by atoms with Crippen LogP contribution in [0.5, 0.6) is 0 Å². The fourth-order valence-corrected chi connectivity index (χ4v) is 1.44. The van der Waals surface area contributed by atoms with Crippen molar-refractivity contribution in [1.29, 1.82) is 0 Å². The van der Waals surface area contributed by atoms with E-state index >= 15 is 0 Å². The summed E-state index contributed by atoms with van der Waals surface area (Å²) in [4.78, 5) is 4.78. The molecule has 0 unspecified atom stereocenters. The highest BCUT2D eigenvalue weighted by Crippen LogP contribution is 2.27. The SMILES string of the molecule is C=Cc1cc(C(C)(C)C)nc(C(C)(C)C)c1. The lowest BCUT2D eigenvalue weighted by Gasteiger charge is -2.24. The van der Waals surface area contributed by atoms with Gasteiger partial charge in [-0.1, -0.05) is 54.2 Å². The number of hydrogen-bond acceptors (Lipinski definition) is 1. The summed E-state index contributed by atoms with van der Waals surface area (Å²) in [6.07, 6.45) is 1.90. The number of hydrogen-bond donors (Lipinski definition) is 0. The normalized spacial score (nSPS) is 12.6. The van der Waals surface area contributed by atoms with Crippen molar-refractivity contribution in [2.45, 2.75) is 52.4 Å². The fraction of sp³-hybridized carbons (Fsp3) is 0.533. The van der Waals surface area contributed by atoms with Crippen LogP contribution in [-0.4, -0.2) is 4.98 Å². The van der Waals surface area contributed by atoms with Crippen LogP contribution >= 0.6 is 0 Å². The molecule has 88 valence electrons. The fourth-order valence-electron chi connectivity index (χ4n) is 1.44. The number of aromatic nitrogens is 1. The first kappa shape index (κ1) is 13.0. The maximum absolute atomic E-state index is 4.78. The second kappa shape index (κ2) is 4.04. The Labute approximate surface area is 99.6 Å². The minimum Gasteiger partial charge on any atom is -0.257 e. The summed E-state index contributed by atoms with van der Waals surface area (Å²) in [6.45, 7) is 17.0. The second-order valence-electron chi connectivity index (χ2n) is 6.38. The third-order valence-electron chi connectivity index (χ3n) is 2.62. The molecule has 0 amide bonds. The summed E-state index contributed by atoms with van der Waals surface area (Å²) < 4.78 is 0. The Bertz CT molecular complexity index is 357. The van der Waals surface area contributed by atoms with E-state index in [0.717, 1.165) is 17.0 Å². The molecular weight excluding hydrogens is 194 g/mol. The van der Waals surface area contributed by atoms with E-state index in [2.05, 4.69) is 60.3 Å². The van der Waals surface area contributed by atoms with E-state index in [1.807, 2.05) is 6.08 Å². The van der Waals surface area contributed by atoms with E-state index < -0.39 is 0 Å². The molecule has 0 bridgehead atoms. The van der Waals surface area contributed by atoms with Gasteiger partial charge in [-0.05, 0) is 17.7 Å². The molecule has 0 aliphatic rings. The second-order valence-corrected chi connectivity index (χ2v) is 6.38. The summed E-state index contributed by atoms with van der Waals surface area (Å²) in [5.74, 6) is 0. The van der Waals surface area contributed by atoms with Crippen LogP contribution in [0.4, 0.5) is 0 Å². The van der Waals surface area contributed by atoms with Crippen LogP contribution in [0.15, 0.2) is 18.7 Å². The van der Waals surface area contributed by atoms with Crippen LogP contribution in [0.2, 0.25) is 0 Å². The molecule has 1 nitrogen and oxygen atoms in total. The molecule has 0 N–H and O–H groups in total. The van der Waals surface area contributed by atoms with Crippen molar-refractivity contribution in [2.75, 3.05) is 0 Å². The first-order valence-electron chi connectivity index (χ1n) is 5.80. The van der Waals surface area contributed by atoms with Gasteiger partial charge in [0.1, 0.15) is 0 Å². The van der Waals surface area contributed by atoms with E-state index in [9.17, 15) is 0 Å². The molecule has 1 heteroatoms. The van der Waals surface area contributed by atoms with Crippen LogP contribution in [-0.2, 0) is 10.8 Å². The number of pyridine rings is 1. The minimum atomic E-state index is 0.0824. The lowest BCUT2D eigenvalue weighted by molar-refractivity contribution is 0.531. The van der Waals surface area contributed by atoms with Gasteiger partial charge in [-0.25, -0.2) is 0 Å². The molecule has 0 aromatic carbocycles. The van der Waals surface area contributed by atoms with Gasteiger partial charge in [-0.15, -0.1) is 0 Å². The molecule has 1 rings (SSSR count). The van der Waals surface area contributed by atoms with Crippen LogP contribution < -0.4 is 0 Å². The predicted octanol–water partition coefficient (Wildman–Crippen LogP) is 4.32. The van der Waals surface area contributed by atoms with Crippen molar-refractivity contribution in [3.63, 3.8) is 0 Å². The summed E-state index contributed by atoms with van der Waals surface area (Å²) in [7, 11) is 0. The zero-order valence-electron chi connectivity index (χ0n) is 11.4. The molecule has 0 aliphatic carbocycles. The molecule has 0 aliphatic heterocycles. The van der Waals surface area contributed by atoms with Crippen LogP contribution in [0, 0.1) is 0 Å².